The fraction of sp³-hybridized carbons (Fsp3) is 0.917. The average molecular weight is 226 g/mol. The second-order valence-corrected chi connectivity index (χ2v) is 5.58. The number of carboxylic acid groups (broad SMARTS) is 1. The molecule has 1 saturated carbocycles. The zero-order valence-electron chi connectivity index (χ0n) is 10.3. The summed E-state index contributed by atoms with van der Waals surface area (Å²) in [5, 5.41) is 9.24. The van der Waals surface area contributed by atoms with Gasteiger partial charge in [-0.25, -0.2) is 0 Å². The Bertz CT molecular complexity index is 280. The summed E-state index contributed by atoms with van der Waals surface area (Å²) in [6.07, 6.45) is 3.12. The highest BCUT2D eigenvalue weighted by Crippen LogP contribution is 2.57. The van der Waals surface area contributed by atoms with Crippen molar-refractivity contribution in [2.45, 2.75) is 19.3 Å². The van der Waals surface area contributed by atoms with E-state index in [4.69, 9.17) is 0 Å². The van der Waals surface area contributed by atoms with Crippen LogP contribution in [-0.2, 0) is 4.79 Å². The highest BCUT2D eigenvalue weighted by Gasteiger charge is 2.62. The molecule has 2 unspecified atom stereocenters. The van der Waals surface area contributed by atoms with E-state index in [2.05, 4.69) is 23.9 Å². The lowest BCUT2D eigenvalue weighted by atomic mass is 9.97. The molecule has 1 heterocycles. The summed E-state index contributed by atoms with van der Waals surface area (Å²) in [6, 6.07) is 0. The van der Waals surface area contributed by atoms with Crippen LogP contribution in [0.1, 0.15) is 19.3 Å². The van der Waals surface area contributed by atoms with Crippen molar-refractivity contribution in [1.82, 2.24) is 9.80 Å². The van der Waals surface area contributed by atoms with Crippen molar-refractivity contribution < 1.29 is 9.90 Å². The fourth-order valence-corrected chi connectivity index (χ4v) is 2.90. The minimum Gasteiger partial charge on any atom is -0.481 e. The van der Waals surface area contributed by atoms with Gasteiger partial charge >= 0.3 is 5.97 Å². The summed E-state index contributed by atoms with van der Waals surface area (Å²) in [5.74, 6) is -0.107. The molecule has 4 heteroatoms. The Labute approximate surface area is 97.2 Å². The number of hydrogen-bond acceptors (Lipinski definition) is 3. The van der Waals surface area contributed by atoms with Gasteiger partial charge in [-0.2, -0.15) is 0 Å². The minimum absolute atomic E-state index is 0.365. The molecule has 1 saturated heterocycles. The van der Waals surface area contributed by atoms with Crippen molar-refractivity contribution in [3.05, 3.63) is 0 Å². The largest absolute Gasteiger partial charge is 0.481 e. The van der Waals surface area contributed by atoms with Gasteiger partial charge in [-0.1, -0.05) is 0 Å². The number of fused-ring (bicyclic) bond motifs is 1. The maximum Gasteiger partial charge on any atom is 0.311 e. The fourth-order valence-electron chi connectivity index (χ4n) is 2.90. The first-order valence-electron chi connectivity index (χ1n) is 6.15. The van der Waals surface area contributed by atoms with E-state index in [1.807, 2.05) is 0 Å². The number of nitrogens with zero attached hydrogens (tertiary/aromatic N) is 2. The molecular weight excluding hydrogens is 204 g/mol. The molecule has 1 N–H and O–H groups in total. The normalized spacial score (nSPS) is 33.8. The van der Waals surface area contributed by atoms with Crippen LogP contribution in [-0.4, -0.2) is 61.2 Å². The van der Waals surface area contributed by atoms with Crippen molar-refractivity contribution in [3.63, 3.8) is 0 Å². The van der Waals surface area contributed by atoms with Crippen molar-refractivity contribution in [2.24, 2.45) is 11.3 Å². The number of carbonyl (C=O) groups is 1. The van der Waals surface area contributed by atoms with Gasteiger partial charge in [0.25, 0.3) is 0 Å². The van der Waals surface area contributed by atoms with Crippen LogP contribution in [0.2, 0.25) is 0 Å². The van der Waals surface area contributed by atoms with E-state index in [9.17, 15) is 9.90 Å². The van der Waals surface area contributed by atoms with E-state index in [0.29, 0.717) is 5.92 Å². The number of likely N-dealkylation sites (tertiary alicyclic amines) is 1. The average Bonchev–Trinajstić information content (AvgIpc) is 2.92. The topological polar surface area (TPSA) is 43.8 Å². The Morgan fingerprint density at radius 2 is 2.31 bits per heavy atom. The van der Waals surface area contributed by atoms with Gasteiger partial charge in [0.15, 0.2) is 0 Å². The summed E-state index contributed by atoms with van der Waals surface area (Å²) in [7, 11) is 4.15. The molecule has 0 radical (unpaired) electrons. The third kappa shape index (κ3) is 2.23. The van der Waals surface area contributed by atoms with Crippen LogP contribution in [0.5, 0.6) is 0 Å². The van der Waals surface area contributed by atoms with Crippen molar-refractivity contribution >= 4 is 5.97 Å². The summed E-state index contributed by atoms with van der Waals surface area (Å²) in [5.41, 5.74) is -0.365. The Kier molecular flexibility index (Phi) is 3.22. The van der Waals surface area contributed by atoms with Crippen LogP contribution in [0, 0.1) is 11.3 Å². The highest BCUT2D eigenvalue weighted by molar-refractivity contribution is 5.79. The lowest BCUT2D eigenvalue weighted by molar-refractivity contribution is -0.145. The first-order valence-corrected chi connectivity index (χ1v) is 6.15. The van der Waals surface area contributed by atoms with Crippen LogP contribution in [0.15, 0.2) is 0 Å². The van der Waals surface area contributed by atoms with E-state index in [0.717, 1.165) is 45.4 Å². The van der Waals surface area contributed by atoms with Crippen LogP contribution >= 0.6 is 0 Å². The molecule has 2 aliphatic rings. The Morgan fingerprint density at radius 1 is 1.56 bits per heavy atom. The molecule has 0 aromatic rings. The van der Waals surface area contributed by atoms with Gasteiger partial charge in [0.2, 0.25) is 0 Å². The molecule has 0 aromatic heterocycles. The third-order valence-electron chi connectivity index (χ3n) is 4.04. The quantitative estimate of drug-likeness (QED) is 0.751. The lowest BCUT2D eigenvalue weighted by Gasteiger charge is -2.30. The number of rotatable bonds is 5. The summed E-state index contributed by atoms with van der Waals surface area (Å²) >= 11 is 0. The molecule has 2 atom stereocenters. The molecule has 0 aromatic carbocycles. The van der Waals surface area contributed by atoms with Crippen LogP contribution in [0.25, 0.3) is 0 Å². The second kappa shape index (κ2) is 4.34. The molecule has 0 bridgehead atoms. The number of piperidine rings is 1. The van der Waals surface area contributed by atoms with E-state index >= 15 is 0 Å². The van der Waals surface area contributed by atoms with Crippen molar-refractivity contribution in [2.75, 3.05) is 40.3 Å². The molecule has 16 heavy (non-hydrogen) atoms. The molecule has 1 aliphatic heterocycles. The maximum absolute atomic E-state index is 11.2. The molecule has 0 amide bonds. The number of carboxylic acids is 1. The SMILES string of the molecule is CN(C)CCCN1CCC2CC2(C(=O)O)C1. The van der Waals surface area contributed by atoms with E-state index < -0.39 is 5.97 Å². The highest BCUT2D eigenvalue weighted by atomic mass is 16.4. The van der Waals surface area contributed by atoms with Crippen LogP contribution in [0.4, 0.5) is 0 Å². The van der Waals surface area contributed by atoms with Gasteiger partial charge in [0, 0.05) is 6.54 Å². The van der Waals surface area contributed by atoms with Gasteiger partial charge in [-0.3, -0.25) is 4.79 Å². The van der Waals surface area contributed by atoms with Gasteiger partial charge in [-0.05, 0) is 58.9 Å². The van der Waals surface area contributed by atoms with Crippen LogP contribution < -0.4 is 0 Å². The molecule has 0 spiro atoms. The zero-order valence-corrected chi connectivity index (χ0v) is 10.3. The van der Waals surface area contributed by atoms with Gasteiger partial charge in [-0.15, -0.1) is 0 Å². The Hall–Kier alpha value is -0.610. The van der Waals surface area contributed by atoms with Gasteiger partial charge < -0.3 is 14.9 Å². The molecule has 1 aliphatic carbocycles. The Balaban J connectivity index is 1.78. The second-order valence-electron chi connectivity index (χ2n) is 5.58. The maximum atomic E-state index is 11.2. The monoisotopic (exact) mass is 226 g/mol. The minimum atomic E-state index is -0.574. The molecule has 2 rings (SSSR count). The van der Waals surface area contributed by atoms with Gasteiger partial charge in [0.1, 0.15) is 0 Å². The third-order valence-corrected chi connectivity index (χ3v) is 4.04. The summed E-state index contributed by atoms with van der Waals surface area (Å²) in [6.45, 7) is 3.99. The van der Waals surface area contributed by atoms with E-state index in [1.165, 1.54) is 0 Å². The van der Waals surface area contributed by atoms with E-state index in [1.54, 1.807) is 0 Å². The molecule has 2 fully saturated rings. The first kappa shape index (κ1) is 11.9. The summed E-state index contributed by atoms with van der Waals surface area (Å²) in [4.78, 5) is 15.7. The predicted molar refractivity (Wildman–Crippen MR) is 62.4 cm³/mol. The summed E-state index contributed by atoms with van der Waals surface area (Å²) < 4.78 is 0. The molecular formula is C12H22N2O2. The van der Waals surface area contributed by atoms with Crippen molar-refractivity contribution in [3.8, 4) is 0 Å². The number of aliphatic carboxylic acids is 1. The predicted octanol–water partition coefficient (Wildman–Crippen LogP) is 0.735. The molecule has 4 nitrogen and oxygen atoms in total. The molecule has 92 valence electrons. The Morgan fingerprint density at radius 3 is 2.94 bits per heavy atom. The zero-order chi connectivity index (χ0) is 11.8. The lowest BCUT2D eigenvalue weighted by Crippen LogP contribution is -2.41. The number of hydrogen-bond donors (Lipinski definition) is 1. The van der Waals surface area contributed by atoms with Gasteiger partial charge in [0.05, 0.1) is 5.41 Å². The van der Waals surface area contributed by atoms with Crippen LogP contribution in [0.3, 0.4) is 0 Å². The van der Waals surface area contributed by atoms with E-state index in [-0.39, 0.29) is 5.41 Å². The van der Waals surface area contributed by atoms with Crippen molar-refractivity contribution in [1.29, 1.82) is 0 Å². The first-order chi connectivity index (χ1) is 7.54. The standard InChI is InChI=1S/C12H22N2O2/c1-13(2)5-3-6-14-7-4-10-8-12(10,9-14)11(15)16/h10H,3-9H2,1-2H3,(H,15,16). The smallest absolute Gasteiger partial charge is 0.311 e.